The molecule has 0 saturated carbocycles. The second-order valence-corrected chi connectivity index (χ2v) is 8.94. The van der Waals surface area contributed by atoms with Crippen molar-refractivity contribution in [2.75, 3.05) is 30.8 Å². The summed E-state index contributed by atoms with van der Waals surface area (Å²) in [5.41, 5.74) is 2.94. The third-order valence-corrected chi connectivity index (χ3v) is 6.32. The molecular formula is C27H30ClN5O3. The maximum atomic E-state index is 11.6. The third-order valence-electron chi connectivity index (χ3n) is 6.02. The van der Waals surface area contributed by atoms with E-state index in [9.17, 15) is 4.79 Å². The SMILES string of the molecule is CNc1ccc(OC2CCN(C(C)=O)CC2)cc1C(=N)Nc1ccc(OCc2ccccn2)c(Cl)c1. The number of aromatic nitrogens is 1. The molecule has 3 N–H and O–H groups in total. The van der Waals surface area contributed by atoms with Crippen molar-refractivity contribution in [1.29, 1.82) is 5.41 Å². The molecule has 1 aliphatic heterocycles. The number of amidine groups is 1. The van der Waals surface area contributed by atoms with Gasteiger partial charge in [0, 0.05) is 63.0 Å². The molecule has 1 fully saturated rings. The Labute approximate surface area is 216 Å². The molecule has 1 amide bonds. The Morgan fingerprint density at radius 3 is 2.64 bits per heavy atom. The van der Waals surface area contributed by atoms with E-state index in [4.69, 9.17) is 26.5 Å². The van der Waals surface area contributed by atoms with Crippen molar-refractivity contribution in [1.82, 2.24) is 9.88 Å². The summed E-state index contributed by atoms with van der Waals surface area (Å²) in [6, 6.07) is 16.6. The maximum Gasteiger partial charge on any atom is 0.219 e. The van der Waals surface area contributed by atoms with Crippen molar-refractivity contribution >= 4 is 34.7 Å². The van der Waals surface area contributed by atoms with E-state index < -0.39 is 0 Å². The molecule has 0 atom stereocenters. The van der Waals surface area contributed by atoms with Crippen LogP contribution in [0, 0.1) is 5.41 Å². The molecule has 188 valence electrons. The van der Waals surface area contributed by atoms with E-state index in [2.05, 4.69) is 15.6 Å². The summed E-state index contributed by atoms with van der Waals surface area (Å²) in [5.74, 6) is 1.53. The lowest BCUT2D eigenvalue weighted by Gasteiger charge is -2.31. The van der Waals surface area contributed by atoms with Gasteiger partial charge in [0.25, 0.3) is 0 Å². The Morgan fingerprint density at radius 1 is 1.17 bits per heavy atom. The number of rotatable bonds is 8. The van der Waals surface area contributed by atoms with Crippen molar-refractivity contribution in [2.24, 2.45) is 0 Å². The van der Waals surface area contributed by atoms with E-state index in [-0.39, 0.29) is 17.8 Å². The first-order chi connectivity index (χ1) is 17.4. The zero-order valence-corrected chi connectivity index (χ0v) is 21.1. The zero-order valence-electron chi connectivity index (χ0n) is 20.4. The Hall–Kier alpha value is -3.78. The van der Waals surface area contributed by atoms with Crippen LogP contribution in [0.2, 0.25) is 5.02 Å². The molecule has 0 spiro atoms. The third kappa shape index (κ3) is 6.46. The number of amides is 1. The highest BCUT2D eigenvalue weighted by Crippen LogP contribution is 2.30. The molecule has 1 saturated heterocycles. The van der Waals surface area contributed by atoms with Crippen molar-refractivity contribution < 1.29 is 14.3 Å². The van der Waals surface area contributed by atoms with Gasteiger partial charge in [-0.05, 0) is 48.5 Å². The Balaban J connectivity index is 1.40. The lowest BCUT2D eigenvalue weighted by molar-refractivity contribution is -0.130. The van der Waals surface area contributed by atoms with Gasteiger partial charge in [0.2, 0.25) is 5.91 Å². The molecule has 8 nitrogen and oxygen atoms in total. The van der Waals surface area contributed by atoms with Gasteiger partial charge in [-0.15, -0.1) is 0 Å². The smallest absolute Gasteiger partial charge is 0.219 e. The quantitative estimate of drug-likeness (QED) is 0.287. The zero-order chi connectivity index (χ0) is 25.5. The summed E-state index contributed by atoms with van der Waals surface area (Å²) in [4.78, 5) is 17.7. The van der Waals surface area contributed by atoms with Gasteiger partial charge < -0.3 is 25.0 Å². The average molecular weight is 508 g/mol. The second kappa shape index (κ2) is 11.8. The van der Waals surface area contributed by atoms with Crippen LogP contribution in [0.15, 0.2) is 60.8 Å². The highest BCUT2D eigenvalue weighted by molar-refractivity contribution is 6.32. The lowest BCUT2D eigenvalue weighted by Crippen LogP contribution is -2.40. The number of ether oxygens (including phenoxy) is 2. The number of hydrogen-bond donors (Lipinski definition) is 3. The van der Waals surface area contributed by atoms with Crippen molar-refractivity contribution in [2.45, 2.75) is 32.5 Å². The Bertz CT molecular complexity index is 1210. The number of carbonyl (C=O) groups excluding carboxylic acids is 1. The minimum Gasteiger partial charge on any atom is -0.490 e. The summed E-state index contributed by atoms with van der Waals surface area (Å²) in [6.45, 7) is 3.30. The number of anilines is 2. The topological polar surface area (TPSA) is 99.6 Å². The number of nitrogens with one attached hydrogen (secondary N) is 3. The van der Waals surface area contributed by atoms with Crippen LogP contribution in [0.1, 0.15) is 31.0 Å². The molecule has 2 aromatic carbocycles. The van der Waals surface area contributed by atoms with Gasteiger partial charge in [0.15, 0.2) is 0 Å². The fourth-order valence-electron chi connectivity index (χ4n) is 4.05. The van der Waals surface area contributed by atoms with Gasteiger partial charge in [0.05, 0.1) is 10.7 Å². The molecule has 1 aromatic heterocycles. The van der Waals surface area contributed by atoms with Crippen molar-refractivity contribution in [3.63, 3.8) is 0 Å². The van der Waals surface area contributed by atoms with E-state index in [1.54, 1.807) is 25.3 Å². The van der Waals surface area contributed by atoms with Gasteiger partial charge in [0.1, 0.15) is 30.0 Å². The van der Waals surface area contributed by atoms with Gasteiger partial charge >= 0.3 is 0 Å². The number of piperidine rings is 1. The molecule has 0 bridgehead atoms. The van der Waals surface area contributed by atoms with Crippen LogP contribution in [0.25, 0.3) is 0 Å². The van der Waals surface area contributed by atoms with Crippen LogP contribution in [-0.2, 0) is 11.4 Å². The lowest BCUT2D eigenvalue weighted by atomic mass is 10.1. The predicted octanol–water partition coefficient (Wildman–Crippen LogP) is 5.18. The van der Waals surface area contributed by atoms with Crippen molar-refractivity contribution in [3.8, 4) is 11.5 Å². The van der Waals surface area contributed by atoms with E-state index in [0.29, 0.717) is 47.5 Å². The summed E-state index contributed by atoms with van der Waals surface area (Å²) in [7, 11) is 1.81. The number of pyridine rings is 1. The molecule has 36 heavy (non-hydrogen) atoms. The Kier molecular flexibility index (Phi) is 8.28. The summed E-state index contributed by atoms with van der Waals surface area (Å²) >= 11 is 6.43. The van der Waals surface area contributed by atoms with Gasteiger partial charge in [-0.25, -0.2) is 0 Å². The molecule has 2 heterocycles. The fraction of sp³-hybridized carbons (Fsp3) is 0.296. The van der Waals surface area contributed by atoms with Crippen LogP contribution >= 0.6 is 11.6 Å². The van der Waals surface area contributed by atoms with Crippen LogP contribution in [0.5, 0.6) is 11.5 Å². The molecule has 1 aliphatic rings. The fourth-order valence-corrected chi connectivity index (χ4v) is 4.28. The molecule has 4 rings (SSSR count). The minimum absolute atomic E-state index is 0.0356. The monoisotopic (exact) mass is 507 g/mol. The second-order valence-electron chi connectivity index (χ2n) is 8.54. The number of halogens is 1. The molecule has 9 heteroatoms. The highest BCUT2D eigenvalue weighted by Gasteiger charge is 2.22. The molecular weight excluding hydrogens is 478 g/mol. The first kappa shape index (κ1) is 25.3. The average Bonchev–Trinajstić information content (AvgIpc) is 2.89. The normalized spacial score (nSPS) is 13.7. The van der Waals surface area contributed by atoms with Gasteiger partial charge in [-0.1, -0.05) is 17.7 Å². The first-order valence-electron chi connectivity index (χ1n) is 11.8. The molecule has 0 unspecified atom stereocenters. The molecule has 0 radical (unpaired) electrons. The van der Waals surface area contributed by atoms with E-state index in [1.165, 1.54) is 0 Å². The van der Waals surface area contributed by atoms with E-state index >= 15 is 0 Å². The van der Waals surface area contributed by atoms with E-state index in [0.717, 1.165) is 24.2 Å². The number of benzene rings is 2. The molecule has 0 aliphatic carbocycles. The van der Waals surface area contributed by atoms with E-state index in [1.807, 2.05) is 54.4 Å². The number of hydrogen-bond acceptors (Lipinski definition) is 6. The number of likely N-dealkylation sites (tertiary alicyclic amines) is 1. The van der Waals surface area contributed by atoms with Gasteiger partial charge in [-0.2, -0.15) is 0 Å². The van der Waals surface area contributed by atoms with Crippen LogP contribution < -0.4 is 20.1 Å². The number of nitrogens with zero attached hydrogens (tertiary/aromatic N) is 2. The first-order valence-corrected chi connectivity index (χ1v) is 12.2. The number of carbonyl (C=O) groups is 1. The van der Waals surface area contributed by atoms with Crippen LogP contribution in [0.3, 0.4) is 0 Å². The maximum absolute atomic E-state index is 11.6. The largest absolute Gasteiger partial charge is 0.490 e. The highest BCUT2D eigenvalue weighted by atomic mass is 35.5. The summed E-state index contributed by atoms with van der Waals surface area (Å²) < 4.78 is 12.0. The van der Waals surface area contributed by atoms with Gasteiger partial charge in [-0.3, -0.25) is 15.2 Å². The Morgan fingerprint density at radius 2 is 1.97 bits per heavy atom. The summed E-state index contributed by atoms with van der Waals surface area (Å²) in [6.07, 6.45) is 3.32. The van der Waals surface area contributed by atoms with Crippen molar-refractivity contribution in [3.05, 3.63) is 77.1 Å². The minimum atomic E-state index is 0.0356. The standard InChI is InChI=1S/C27H30ClN5O3/c1-18(34)33-13-10-21(11-14-33)36-22-7-8-25(30-2)23(16-22)27(29)32-19-6-9-26(24(28)15-19)35-17-20-5-3-4-12-31-20/h3-9,12,15-16,21,30H,10-11,13-14,17H2,1-2H3,(H2,29,32). The summed E-state index contributed by atoms with van der Waals surface area (Å²) in [5, 5.41) is 15.4. The van der Waals surface area contributed by atoms with Crippen LogP contribution in [-0.4, -0.2) is 47.9 Å². The molecule has 3 aromatic rings. The predicted molar refractivity (Wildman–Crippen MR) is 142 cm³/mol. The van der Waals surface area contributed by atoms with Crippen LogP contribution in [0.4, 0.5) is 11.4 Å².